The first-order chi connectivity index (χ1) is 14.2. The molecular weight excluding hydrogens is 395 g/mol. The monoisotopic (exact) mass is 417 g/mol. The number of aromatic amines is 1. The summed E-state index contributed by atoms with van der Waals surface area (Å²) in [6, 6.07) is 7.34. The number of fused-ring (bicyclic) bond motifs is 1. The van der Waals surface area contributed by atoms with Crippen LogP contribution in [0, 0.1) is 17.2 Å². The molecule has 158 valence electrons. The molecule has 0 aliphatic heterocycles. The van der Waals surface area contributed by atoms with Gasteiger partial charge in [0.05, 0.1) is 29.9 Å². The zero-order valence-corrected chi connectivity index (χ0v) is 16.9. The number of imidazole rings is 1. The Morgan fingerprint density at radius 2 is 2.00 bits per heavy atom. The molecule has 0 atom stereocenters. The standard InChI is InChI=1S/C21H22F3N5O/c1-4-30-18-6-5-13(7-14(18)21(22,23)24)15-8-16-20(17(9-25)27-15)29-19(28-16)11-26-10-12(2)3/h5-8,12,26H,4,10-11H2,1-3H3,(H,28,29). The molecule has 6 nitrogen and oxygen atoms in total. The van der Waals surface area contributed by atoms with E-state index in [1.807, 2.05) is 6.07 Å². The maximum Gasteiger partial charge on any atom is 0.419 e. The van der Waals surface area contributed by atoms with Gasteiger partial charge < -0.3 is 15.0 Å². The molecule has 0 aliphatic carbocycles. The van der Waals surface area contributed by atoms with Crippen LogP contribution in [0.2, 0.25) is 0 Å². The molecule has 0 radical (unpaired) electrons. The normalized spacial score (nSPS) is 11.8. The molecule has 2 heterocycles. The molecule has 0 saturated heterocycles. The maximum absolute atomic E-state index is 13.5. The van der Waals surface area contributed by atoms with Crippen molar-refractivity contribution in [3.63, 3.8) is 0 Å². The van der Waals surface area contributed by atoms with E-state index in [-0.39, 0.29) is 29.3 Å². The number of benzene rings is 1. The second-order valence-electron chi connectivity index (χ2n) is 7.21. The molecule has 2 aromatic heterocycles. The van der Waals surface area contributed by atoms with Gasteiger partial charge in [0.1, 0.15) is 23.2 Å². The molecule has 1 aromatic carbocycles. The lowest BCUT2D eigenvalue weighted by Gasteiger charge is -2.14. The number of halogens is 3. The molecule has 9 heteroatoms. The second kappa shape index (κ2) is 8.71. The molecule has 0 fully saturated rings. The second-order valence-corrected chi connectivity index (χ2v) is 7.21. The summed E-state index contributed by atoms with van der Waals surface area (Å²) in [7, 11) is 0. The summed E-state index contributed by atoms with van der Waals surface area (Å²) >= 11 is 0. The van der Waals surface area contributed by atoms with Crippen LogP contribution in [-0.4, -0.2) is 28.1 Å². The first kappa shape index (κ1) is 21.6. The van der Waals surface area contributed by atoms with Crippen molar-refractivity contribution in [2.75, 3.05) is 13.2 Å². The van der Waals surface area contributed by atoms with Crippen molar-refractivity contribution >= 4 is 11.0 Å². The van der Waals surface area contributed by atoms with Crippen LogP contribution < -0.4 is 10.1 Å². The zero-order chi connectivity index (χ0) is 21.9. The molecule has 0 saturated carbocycles. The quantitative estimate of drug-likeness (QED) is 0.584. The van der Waals surface area contributed by atoms with Gasteiger partial charge in [-0.05, 0) is 43.7 Å². The summed E-state index contributed by atoms with van der Waals surface area (Å²) in [6.07, 6.45) is -4.58. The van der Waals surface area contributed by atoms with Gasteiger partial charge in [-0.25, -0.2) is 9.97 Å². The number of hydrogen-bond acceptors (Lipinski definition) is 5. The van der Waals surface area contributed by atoms with Crippen molar-refractivity contribution < 1.29 is 17.9 Å². The molecule has 30 heavy (non-hydrogen) atoms. The largest absolute Gasteiger partial charge is 0.493 e. The van der Waals surface area contributed by atoms with Gasteiger partial charge in [-0.1, -0.05) is 13.8 Å². The van der Waals surface area contributed by atoms with Crippen LogP contribution in [-0.2, 0) is 12.7 Å². The number of nitriles is 1. The molecule has 0 bridgehead atoms. The summed E-state index contributed by atoms with van der Waals surface area (Å²) in [6.45, 7) is 7.19. The summed E-state index contributed by atoms with van der Waals surface area (Å²) in [5.74, 6) is 0.860. The van der Waals surface area contributed by atoms with Crippen molar-refractivity contribution in [3.8, 4) is 23.1 Å². The van der Waals surface area contributed by atoms with E-state index < -0.39 is 11.7 Å². The molecule has 3 rings (SSSR count). The Morgan fingerprint density at radius 3 is 2.63 bits per heavy atom. The van der Waals surface area contributed by atoms with Crippen molar-refractivity contribution in [1.82, 2.24) is 20.3 Å². The van der Waals surface area contributed by atoms with Crippen LogP contribution in [0.4, 0.5) is 13.2 Å². The lowest BCUT2D eigenvalue weighted by atomic mass is 10.1. The molecule has 0 unspecified atom stereocenters. The van der Waals surface area contributed by atoms with E-state index in [0.29, 0.717) is 29.3 Å². The highest BCUT2D eigenvalue weighted by Crippen LogP contribution is 2.39. The van der Waals surface area contributed by atoms with E-state index in [0.717, 1.165) is 12.6 Å². The lowest BCUT2D eigenvalue weighted by molar-refractivity contribution is -0.138. The molecule has 2 N–H and O–H groups in total. The first-order valence-corrected chi connectivity index (χ1v) is 9.57. The van der Waals surface area contributed by atoms with Crippen LogP contribution in [0.25, 0.3) is 22.3 Å². The number of pyridine rings is 1. The highest BCUT2D eigenvalue weighted by molar-refractivity contribution is 5.84. The maximum atomic E-state index is 13.5. The minimum Gasteiger partial charge on any atom is -0.493 e. The number of hydrogen-bond donors (Lipinski definition) is 2. The van der Waals surface area contributed by atoms with Crippen LogP contribution in [0.15, 0.2) is 24.3 Å². The Balaban J connectivity index is 2.03. The number of ether oxygens (including phenoxy) is 1. The number of alkyl halides is 3. The van der Waals surface area contributed by atoms with Crippen molar-refractivity contribution in [2.45, 2.75) is 33.5 Å². The minimum absolute atomic E-state index is 0.0521. The topological polar surface area (TPSA) is 86.6 Å². The predicted octanol–water partition coefficient (Wildman–Crippen LogP) is 4.66. The van der Waals surface area contributed by atoms with Crippen molar-refractivity contribution in [2.24, 2.45) is 5.92 Å². The van der Waals surface area contributed by atoms with E-state index in [1.165, 1.54) is 12.1 Å². The van der Waals surface area contributed by atoms with E-state index in [1.54, 1.807) is 13.0 Å². The zero-order valence-electron chi connectivity index (χ0n) is 16.9. The van der Waals surface area contributed by atoms with Crippen molar-refractivity contribution in [1.29, 1.82) is 5.26 Å². The summed E-state index contributed by atoms with van der Waals surface area (Å²) in [5, 5.41) is 12.7. The van der Waals surface area contributed by atoms with E-state index >= 15 is 0 Å². The average molecular weight is 417 g/mol. The molecule has 0 spiro atoms. The Bertz CT molecular complexity index is 1080. The van der Waals surface area contributed by atoms with Gasteiger partial charge in [0.15, 0.2) is 5.69 Å². The van der Waals surface area contributed by atoms with Crippen LogP contribution in [0.3, 0.4) is 0 Å². The number of H-pyrrole nitrogens is 1. The third kappa shape index (κ3) is 4.71. The van der Waals surface area contributed by atoms with E-state index in [2.05, 4.69) is 34.1 Å². The first-order valence-electron chi connectivity index (χ1n) is 9.57. The van der Waals surface area contributed by atoms with Gasteiger partial charge in [-0.2, -0.15) is 18.4 Å². The molecular formula is C21H22F3N5O. The fraction of sp³-hybridized carbons (Fsp3) is 0.381. The van der Waals surface area contributed by atoms with Gasteiger partial charge >= 0.3 is 6.18 Å². The van der Waals surface area contributed by atoms with Gasteiger partial charge in [0.25, 0.3) is 0 Å². The smallest absolute Gasteiger partial charge is 0.419 e. The Labute approximate surface area is 172 Å². The van der Waals surface area contributed by atoms with Gasteiger partial charge in [0.2, 0.25) is 0 Å². The molecule has 3 aromatic rings. The van der Waals surface area contributed by atoms with Crippen LogP contribution in [0.5, 0.6) is 5.75 Å². The third-order valence-electron chi connectivity index (χ3n) is 4.35. The Morgan fingerprint density at radius 1 is 1.23 bits per heavy atom. The highest BCUT2D eigenvalue weighted by atomic mass is 19.4. The number of nitrogens with zero attached hydrogens (tertiary/aromatic N) is 3. The van der Waals surface area contributed by atoms with Gasteiger partial charge in [-0.3, -0.25) is 0 Å². The number of nitrogens with one attached hydrogen (secondary N) is 2. The fourth-order valence-corrected chi connectivity index (χ4v) is 3.05. The third-order valence-corrected chi connectivity index (χ3v) is 4.35. The van der Waals surface area contributed by atoms with E-state index in [4.69, 9.17) is 4.74 Å². The molecule has 0 amide bonds. The summed E-state index contributed by atoms with van der Waals surface area (Å²) in [4.78, 5) is 11.8. The Hall–Kier alpha value is -3.12. The van der Waals surface area contributed by atoms with Crippen LogP contribution in [0.1, 0.15) is 37.9 Å². The van der Waals surface area contributed by atoms with Gasteiger partial charge in [-0.15, -0.1) is 0 Å². The summed E-state index contributed by atoms with van der Waals surface area (Å²) < 4.78 is 45.5. The number of rotatable bonds is 7. The van der Waals surface area contributed by atoms with Gasteiger partial charge in [0, 0.05) is 5.56 Å². The lowest BCUT2D eigenvalue weighted by Crippen LogP contribution is -2.19. The fourth-order valence-electron chi connectivity index (χ4n) is 3.05. The SMILES string of the molecule is CCOc1ccc(-c2cc3[nH]c(CNCC(C)C)nc3c(C#N)n2)cc1C(F)(F)F. The molecule has 0 aliphatic rings. The van der Waals surface area contributed by atoms with Crippen LogP contribution >= 0.6 is 0 Å². The highest BCUT2D eigenvalue weighted by Gasteiger charge is 2.35. The Kier molecular flexibility index (Phi) is 6.27. The summed E-state index contributed by atoms with van der Waals surface area (Å²) in [5.41, 5.74) is 0.586. The van der Waals surface area contributed by atoms with Crippen molar-refractivity contribution in [3.05, 3.63) is 41.3 Å². The number of aromatic nitrogens is 3. The minimum atomic E-state index is -4.58. The van der Waals surface area contributed by atoms with E-state index in [9.17, 15) is 18.4 Å². The predicted molar refractivity (Wildman–Crippen MR) is 107 cm³/mol. The average Bonchev–Trinajstić information content (AvgIpc) is 3.09.